The number of alkyl halides is 2. The second-order valence-electron chi connectivity index (χ2n) is 3.76. The fourth-order valence-electron chi connectivity index (χ4n) is 1.56. The Morgan fingerprint density at radius 3 is 2.95 bits per heavy atom. The fraction of sp³-hybridized carbons (Fsp3) is 0.364. The van der Waals surface area contributed by atoms with Crippen molar-refractivity contribution in [2.45, 2.75) is 11.5 Å². The molecular formula is C11H11F2N3O2S. The number of ether oxygens (including phenoxy) is 1. The number of esters is 1. The molecule has 0 spiro atoms. The maximum absolute atomic E-state index is 13.0. The Labute approximate surface area is 111 Å². The summed E-state index contributed by atoms with van der Waals surface area (Å²) in [5, 5.41) is 4.65. The SMILES string of the molecule is COC(=O)CSc1cc(C(F)F)c2cn(C)nc2n1. The van der Waals surface area contributed by atoms with Gasteiger partial charge in [-0.25, -0.2) is 13.8 Å². The summed E-state index contributed by atoms with van der Waals surface area (Å²) >= 11 is 1.04. The van der Waals surface area contributed by atoms with E-state index < -0.39 is 12.4 Å². The monoisotopic (exact) mass is 287 g/mol. The van der Waals surface area contributed by atoms with Crippen molar-refractivity contribution >= 4 is 28.8 Å². The predicted molar refractivity (Wildman–Crippen MR) is 66.2 cm³/mol. The minimum Gasteiger partial charge on any atom is -0.468 e. The first kappa shape index (κ1) is 13.7. The highest BCUT2D eigenvalue weighted by Gasteiger charge is 2.17. The van der Waals surface area contributed by atoms with E-state index in [-0.39, 0.29) is 17.0 Å². The van der Waals surface area contributed by atoms with Gasteiger partial charge in [0.2, 0.25) is 0 Å². The van der Waals surface area contributed by atoms with Crippen LogP contribution in [-0.2, 0) is 16.6 Å². The average molecular weight is 287 g/mol. The molecule has 0 radical (unpaired) electrons. The first-order valence-corrected chi connectivity index (χ1v) is 6.32. The Bertz CT molecular complexity index is 615. The number of pyridine rings is 1. The zero-order valence-electron chi connectivity index (χ0n) is 10.3. The smallest absolute Gasteiger partial charge is 0.316 e. The molecule has 2 heterocycles. The van der Waals surface area contributed by atoms with Gasteiger partial charge in [0, 0.05) is 24.2 Å². The lowest BCUT2D eigenvalue weighted by Gasteiger charge is -2.04. The molecule has 0 atom stereocenters. The number of carbonyl (C=O) groups is 1. The summed E-state index contributed by atoms with van der Waals surface area (Å²) in [6, 6.07) is 1.28. The number of hydrogen-bond donors (Lipinski definition) is 0. The first-order valence-electron chi connectivity index (χ1n) is 5.33. The van der Waals surface area contributed by atoms with E-state index >= 15 is 0 Å². The molecule has 5 nitrogen and oxygen atoms in total. The number of hydrogen-bond acceptors (Lipinski definition) is 5. The minimum absolute atomic E-state index is 0.0184. The summed E-state index contributed by atoms with van der Waals surface area (Å²) in [5.74, 6) is -0.420. The van der Waals surface area contributed by atoms with Crippen molar-refractivity contribution in [1.29, 1.82) is 0 Å². The second-order valence-corrected chi connectivity index (χ2v) is 4.75. The number of aryl methyl sites for hydroxylation is 1. The third kappa shape index (κ3) is 3.01. The van der Waals surface area contributed by atoms with Crippen LogP contribution in [0, 0.1) is 0 Å². The van der Waals surface area contributed by atoms with Crippen molar-refractivity contribution in [2.24, 2.45) is 7.05 Å². The number of thioether (sulfide) groups is 1. The predicted octanol–water partition coefficient (Wildman–Crippen LogP) is 2.17. The molecule has 2 aromatic rings. The Morgan fingerprint density at radius 2 is 2.32 bits per heavy atom. The first-order chi connectivity index (χ1) is 9.01. The van der Waals surface area contributed by atoms with Crippen LogP contribution >= 0.6 is 11.8 Å². The van der Waals surface area contributed by atoms with Gasteiger partial charge in [-0.05, 0) is 6.07 Å². The number of halogens is 2. The Balaban J connectivity index is 2.37. The van der Waals surface area contributed by atoms with Crippen molar-refractivity contribution < 1.29 is 18.3 Å². The highest BCUT2D eigenvalue weighted by molar-refractivity contribution is 7.99. The second kappa shape index (κ2) is 5.52. The number of rotatable bonds is 4. The van der Waals surface area contributed by atoms with Gasteiger partial charge in [-0.15, -0.1) is 0 Å². The molecule has 0 amide bonds. The van der Waals surface area contributed by atoms with Gasteiger partial charge >= 0.3 is 5.97 Å². The molecule has 0 aliphatic rings. The molecule has 0 fully saturated rings. The van der Waals surface area contributed by atoms with Crippen molar-refractivity contribution in [2.75, 3.05) is 12.9 Å². The standard InChI is InChI=1S/C11H11F2N3O2S/c1-16-4-7-6(10(12)13)3-8(14-11(7)15-16)19-5-9(17)18-2/h3-4,10H,5H2,1-2H3. The van der Waals surface area contributed by atoms with Gasteiger partial charge in [0.1, 0.15) is 0 Å². The topological polar surface area (TPSA) is 57.0 Å². The normalized spacial score (nSPS) is 11.2. The van der Waals surface area contributed by atoms with Gasteiger partial charge in [-0.2, -0.15) is 5.10 Å². The fourth-order valence-corrected chi connectivity index (χ4v) is 2.30. The summed E-state index contributed by atoms with van der Waals surface area (Å²) in [7, 11) is 2.90. The van der Waals surface area contributed by atoms with Crippen LogP contribution in [-0.4, -0.2) is 33.6 Å². The summed E-state index contributed by atoms with van der Waals surface area (Å²) in [6.45, 7) is 0. The van der Waals surface area contributed by atoms with Gasteiger partial charge in [-0.3, -0.25) is 9.48 Å². The number of carbonyl (C=O) groups excluding carboxylic acids is 1. The summed E-state index contributed by atoms with van der Waals surface area (Å²) in [5.41, 5.74) is 0.109. The minimum atomic E-state index is -2.62. The van der Waals surface area contributed by atoms with E-state index in [4.69, 9.17) is 0 Å². The molecule has 0 aliphatic heterocycles. The van der Waals surface area contributed by atoms with Gasteiger partial charge in [0.05, 0.1) is 17.9 Å². The molecule has 0 saturated heterocycles. The van der Waals surface area contributed by atoms with E-state index in [0.29, 0.717) is 10.4 Å². The van der Waals surface area contributed by atoms with E-state index in [1.54, 1.807) is 7.05 Å². The van der Waals surface area contributed by atoms with Crippen LogP contribution in [0.2, 0.25) is 0 Å². The van der Waals surface area contributed by atoms with Crippen LogP contribution < -0.4 is 0 Å². The molecule has 8 heteroatoms. The van der Waals surface area contributed by atoms with Crippen LogP contribution in [0.5, 0.6) is 0 Å². The van der Waals surface area contributed by atoms with Crippen LogP contribution in [0.3, 0.4) is 0 Å². The average Bonchev–Trinajstić information content (AvgIpc) is 2.74. The lowest BCUT2D eigenvalue weighted by Crippen LogP contribution is -2.03. The zero-order valence-corrected chi connectivity index (χ0v) is 11.1. The molecule has 0 bridgehead atoms. The molecule has 0 N–H and O–H groups in total. The maximum Gasteiger partial charge on any atom is 0.316 e. The van der Waals surface area contributed by atoms with Gasteiger partial charge in [-0.1, -0.05) is 11.8 Å². The summed E-state index contributed by atoms with van der Waals surface area (Å²) in [6.07, 6.45) is -1.12. The number of methoxy groups -OCH3 is 1. The van der Waals surface area contributed by atoms with Gasteiger partial charge in [0.25, 0.3) is 6.43 Å². The van der Waals surface area contributed by atoms with Crippen LogP contribution in [0.15, 0.2) is 17.3 Å². The summed E-state index contributed by atoms with van der Waals surface area (Å²) in [4.78, 5) is 15.2. The quantitative estimate of drug-likeness (QED) is 0.637. The number of aromatic nitrogens is 3. The zero-order chi connectivity index (χ0) is 14.0. The Hall–Kier alpha value is -1.70. The molecule has 0 unspecified atom stereocenters. The molecule has 0 saturated carbocycles. The van der Waals surface area contributed by atoms with E-state index in [0.717, 1.165) is 11.8 Å². The van der Waals surface area contributed by atoms with Crippen LogP contribution in [0.1, 0.15) is 12.0 Å². The summed E-state index contributed by atoms with van der Waals surface area (Å²) < 4.78 is 31.9. The lowest BCUT2D eigenvalue weighted by atomic mass is 10.2. The lowest BCUT2D eigenvalue weighted by molar-refractivity contribution is -0.137. The van der Waals surface area contributed by atoms with Crippen molar-refractivity contribution in [3.05, 3.63) is 17.8 Å². The molecule has 19 heavy (non-hydrogen) atoms. The third-order valence-electron chi connectivity index (χ3n) is 2.42. The molecule has 2 aromatic heterocycles. The van der Waals surface area contributed by atoms with E-state index in [1.807, 2.05) is 0 Å². The number of nitrogens with zero attached hydrogens (tertiary/aromatic N) is 3. The molecule has 0 aliphatic carbocycles. The van der Waals surface area contributed by atoms with E-state index in [2.05, 4.69) is 14.8 Å². The Kier molecular flexibility index (Phi) is 3.98. The van der Waals surface area contributed by atoms with Crippen molar-refractivity contribution in [1.82, 2.24) is 14.8 Å². The van der Waals surface area contributed by atoms with Crippen LogP contribution in [0.25, 0.3) is 11.0 Å². The number of fused-ring (bicyclic) bond motifs is 1. The highest BCUT2D eigenvalue weighted by atomic mass is 32.2. The Morgan fingerprint density at radius 1 is 1.58 bits per heavy atom. The van der Waals surface area contributed by atoms with Crippen molar-refractivity contribution in [3.63, 3.8) is 0 Å². The van der Waals surface area contributed by atoms with E-state index in [9.17, 15) is 13.6 Å². The van der Waals surface area contributed by atoms with Gasteiger partial charge in [0.15, 0.2) is 5.65 Å². The molecule has 2 rings (SSSR count). The largest absolute Gasteiger partial charge is 0.468 e. The molecule has 102 valence electrons. The van der Waals surface area contributed by atoms with Crippen molar-refractivity contribution in [3.8, 4) is 0 Å². The van der Waals surface area contributed by atoms with Crippen LogP contribution in [0.4, 0.5) is 8.78 Å². The van der Waals surface area contributed by atoms with E-state index in [1.165, 1.54) is 24.1 Å². The molecule has 0 aromatic carbocycles. The van der Waals surface area contributed by atoms with Gasteiger partial charge < -0.3 is 4.74 Å². The third-order valence-corrected chi connectivity index (χ3v) is 3.30. The maximum atomic E-state index is 13.0. The molecular weight excluding hydrogens is 276 g/mol. The highest BCUT2D eigenvalue weighted by Crippen LogP contribution is 2.30.